The number of hydrogen-bond donors (Lipinski definition) is 1. The first kappa shape index (κ1) is 23.5. The molecule has 1 aliphatic heterocycles. The van der Waals surface area contributed by atoms with Gasteiger partial charge in [0.2, 0.25) is 0 Å². The lowest BCUT2D eigenvalue weighted by molar-refractivity contribution is -0.113. The minimum absolute atomic E-state index is 0.243. The van der Waals surface area contributed by atoms with Crippen molar-refractivity contribution in [2.75, 3.05) is 4.90 Å². The molecule has 1 saturated heterocycles. The molecule has 1 fully saturated rings. The standard InChI is InChI=1S/C29H24ClN3O3/c1-19-16-22(17-27-28(34)33(29(35)31-27)23-9-4-3-5-10-23)20(2)32(19)24-12-14-25(15-13-24)36-18-21-8-6-7-11-26(21)30/h3-17H,18H2,1-2H3,(H,31,35)/b27-17+. The maximum absolute atomic E-state index is 13.0. The number of aromatic nitrogens is 1. The zero-order valence-corrected chi connectivity index (χ0v) is 20.6. The van der Waals surface area contributed by atoms with E-state index in [1.807, 2.05) is 74.5 Å². The van der Waals surface area contributed by atoms with Crippen molar-refractivity contribution in [2.24, 2.45) is 0 Å². The van der Waals surface area contributed by atoms with Crippen molar-refractivity contribution in [3.05, 3.63) is 118 Å². The number of anilines is 1. The highest BCUT2D eigenvalue weighted by Gasteiger charge is 2.35. The van der Waals surface area contributed by atoms with Gasteiger partial charge in [0.05, 0.1) is 5.69 Å². The first-order valence-corrected chi connectivity index (χ1v) is 11.9. The van der Waals surface area contributed by atoms with Crippen LogP contribution in [0.4, 0.5) is 10.5 Å². The summed E-state index contributed by atoms with van der Waals surface area (Å²) in [6.07, 6.45) is 1.73. The zero-order valence-electron chi connectivity index (χ0n) is 19.9. The van der Waals surface area contributed by atoms with Gasteiger partial charge < -0.3 is 14.6 Å². The largest absolute Gasteiger partial charge is 0.489 e. The molecular weight excluding hydrogens is 474 g/mol. The van der Waals surface area contributed by atoms with Crippen LogP contribution >= 0.6 is 11.6 Å². The topological polar surface area (TPSA) is 63.6 Å². The van der Waals surface area contributed by atoms with Crippen molar-refractivity contribution in [2.45, 2.75) is 20.5 Å². The lowest BCUT2D eigenvalue weighted by Gasteiger charge is -2.12. The number of nitrogens with zero attached hydrogens (tertiary/aromatic N) is 2. The molecule has 0 bridgehead atoms. The average Bonchev–Trinajstić information content (AvgIpc) is 3.32. The molecule has 0 radical (unpaired) electrons. The van der Waals surface area contributed by atoms with Crippen LogP contribution in [-0.2, 0) is 11.4 Å². The predicted molar refractivity (Wildman–Crippen MR) is 141 cm³/mol. The number of para-hydroxylation sites is 1. The third-order valence-corrected chi connectivity index (χ3v) is 6.48. The summed E-state index contributed by atoms with van der Waals surface area (Å²) in [6.45, 7) is 4.37. The Hall–Kier alpha value is -4.29. The van der Waals surface area contributed by atoms with E-state index in [9.17, 15) is 9.59 Å². The summed E-state index contributed by atoms with van der Waals surface area (Å²) in [4.78, 5) is 26.6. The molecule has 0 saturated carbocycles. The Morgan fingerprint density at radius 3 is 2.31 bits per heavy atom. The smallest absolute Gasteiger partial charge is 0.333 e. The fourth-order valence-electron chi connectivity index (χ4n) is 4.30. The van der Waals surface area contributed by atoms with Crippen LogP contribution < -0.4 is 15.0 Å². The minimum atomic E-state index is -0.460. The lowest BCUT2D eigenvalue weighted by atomic mass is 10.2. The molecule has 0 aliphatic carbocycles. The van der Waals surface area contributed by atoms with Crippen LogP contribution in [0, 0.1) is 13.8 Å². The summed E-state index contributed by atoms with van der Waals surface area (Å²) in [5.41, 5.74) is 5.47. The molecule has 36 heavy (non-hydrogen) atoms. The number of halogens is 1. The van der Waals surface area contributed by atoms with E-state index in [2.05, 4.69) is 9.88 Å². The third kappa shape index (κ3) is 4.51. The first-order valence-electron chi connectivity index (χ1n) is 11.5. The molecule has 180 valence electrons. The molecule has 4 aromatic rings. The van der Waals surface area contributed by atoms with E-state index in [1.165, 1.54) is 0 Å². The Morgan fingerprint density at radius 2 is 1.58 bits per heavy atom. The second kappa shape index (κ2) is 9.76. The highest BCUT2D eigenvalue weighted by Crippen LogP contribution is 2.27. The second-order valence-electron chi connectivity index (χ2n) is 8.50. The van der Waals surface area contributed by atoms with E-state index in [-0.39, 0.29) is 11.6 Å². The van der Waals surface area contributed by atoms with Gasteiger partial charge in [0.1, 0.15) is 18.1 Å². The molecule has 5 rings (SSSR count). The number of ether oxygens (including phenoxy) is 1. The first-order chi connectivity index (χ1) is 17.4. The van der Waals surface area contributed by atoms with Gasteiger partial charge in [-0.05, 0) is 74.0 Å². The number of nitrogens with one attached hydrogen (secondary N) is 1. The van der Waals surface area contributed by atoms with Crippen molar-refractivity contribution < 1.29 is 14.3 Å². The number of aryl methyl sites for hydroxylation is 1. The lowest BCUT2D eigenvalue weighted by Crippen LogP contribution is -2.30. The third-order valence-electron chi connectivity index (χ3n) is 6.11. The number of rotatable bonds is 6. The quantitative estimate of drug-likeness (QED) is 0.247. The summed E-state index contributed by atoms with van der Waals surface area (Å²) in [6, 6.07) is 25.8. The molecule has 3 amide bonds. The van der Waals surface area contributed by atoms with Crippen LogP contribution in [0.2, 0.25) is 5.02 Å². The van der Waals surface area contributed by atoms with Crippen LogP contribution in [0.3, 0.4) is 0 Å². The molecular formula is C29H24ClN3O3. The van der Waals surface area contributed by atoms with E-state index >= 15 is 0 Å². The number of carbonyl (C=O) groups excluding carboxylic acids is 2. The van der Waals surface area contributed by atoms with Gasteiger partial charge in [-0.1, -0.05) is 48.0 Å². The molecule has 3 aromatic carbocycles. The van der Waals surface area contributed by atoms with E-state index < -0.39 is 6.03 Å². The van der Waals surface area contributed by atoms with Gasteiger partial charge in [-0.3, -0.25) is 4.79 Å². The SMILES string of the molecule is Cc1cc(/C=C2/NC(=O)N(c3ccccc3)C2=O)c(C)n1-c1ccc(OCc2ccccc2Cl)cc1. The maximum atomic E-state index is 13.0. The molecule has 0 spiro atoms. The summed E-state index contributed by atoms with van der Waals surface area (Å²) < 4.78 is 8.00. The van der Waals surface area contributed by atoms with Crippen LogP contribution in [0.15, 0.2) is 90.6 Å². The van der Waals surface area contributed by atoms with Gasteiger partial charge in [0.25, 0.3) is 5.91 Å². The van der Waals surface area contributed by atoms with Crippen LogP contribution in [0.25, 0.3) is 11.8 Å². The average molecular weight is 498 g/mol. The van der Waals surface area contributed by atoms with Gasteiger partial charge in [-0.2, -0.15) is 0 Å². The molecule has 0 atom stereocenters. The fourth-order valence-corrected chi connectivity index (χ4v) is 4.49. The minimum Gasteiger partial charge on any atom is -0.489 e. The van der Waals surface area contributed by atoms with E-state index in [0.29, 0.717) is 17.3 Å². The summed E-state index contributed by atoms with van der Waals surface area (Å²) in [7, 11) is 0. The summed E-state index contributed by atoms with van der Waals surface area (Å²) in [5, 5.41) is 3.38. The van der Waals surface area contributed by atoms with Crippen molar-refractivity contribution in [1.29, 1.82) is 0 Å². The van der Waals surface area contributed by atoms with E-state index in [4.69, 9.17) is 16.3 Å². The molecule has 0 unspecified atom stereocenters. The fraction of sp³-hybridized carbons (Fsp3) is 0.103. The van der Waals surface area contributed by atoms with Crippen LogP contribution in [-0.4, -0.2) is 16.5 Å². The van der Waals surface area contributed by atoms with Crippen LogP contribution in [0.1, 0.15) is 22.5 Å². The number of imide groups is 1. The highest BCUT2D eigenvalue weighted by atomic mass is 35.5. The number of carbonyl (C=O) groups is 2. The summed E-state index contributed by atoms with van der Waals surface area (Å²) in [5.74, 6) is 0.361. The van der Waals surface area contributed by atoms with Crippen molar-refractivity contribution in [1.82, 2.24) is 9.88 Å². The van der Waals surface area contributed by atoms with Gasteiger partial charge in [0.15, 0.2) is 0 Å². The van der Waals surface area contributed by atoms with Gasteiger partial charge >= 0.3 is 6.03 Å². The number of hydrogen-bond acceptors (Lipinski definition) is 3. The Morgan fingerprint density at radius 1 is 0.889 bits per heavy atom. The molecule has 1 aliphatic rings. The number of benzene rings is 3. The second-order valence-corrected chi connectivity index (χ2v) is 8.91. The zero-order chi connectivity index (χ0) is 25.2. The Kier molecular flexibility index (Phi) is 6.36. The van der Waals surface area contributed by atoms with Crippen LogP contribution in [0.5, 0.6) is 5.75 Å². The van der Waals surface area contributed by atoms with Crippen molar-refractivity contribution in [3.8, 4) is 11.4 Å². The van der Waals surface area contributed by atoms with Gasteiger partial charge in [0, 0.05) is 27.7 Å². The van der Waals surface area contributed by atoms with Gasteiger partial charge in [-0.25, -0.2) is 9.69 Å². The molecule has 7 heteroatoms. The number of amides is 3. The Balaban J connectivity index is 1.36. The Bertz CT molecular complexity index is 1470. The molecule has 6 nitrogen and oxygen atoms in total. The predicted octanol–water partition coefficient (Wildman–Crippen LogP) is 6.42. The van der Waals surface area contributed by atoms with Crippen molar-refractivity contribution >= 4 is 35.3 Å². The molecule has 2 heterocycles. The summed E-state index contributed by atoms with van der Waals surface area (Å²) >= 11 is 6.22. The van der Waals surface area contributed by atoms with Gasteiger partial charge in [-0.15, -0.1) is 0 Å². The van der Waals surface area contributed by atoms with E-state index in [0.717, 1.165) is 38.9 Å². The number of urea groups is 1. The molecule has 1 aromatic heterocycles. The Labute approximate surface area is 214 Å². The van der Waals surface area contributed by atoms with Crippen molar-refractivity contribution in [3.63, 3.8) is 0 Å². The van der Waals surface area contributed by atoms with E-state index in [1.54, 1.807) is 30.3 Å². The highest BCUT2D eigenvalue weighted by molar-refractivity contribution is 6.31. The monoisotopic (exact) mass is 497 g/mol. The normalized spacial score (nSPS) is 14.4. The maximum Gasteiger partial charge on any atom is 0.333 e. The molecule has 1 N–H and O–H groups in total.